The SMILES string of the molecule is COc1ccc(OC)c(NC(=O)CC2NC(=O)NC2=O)c1. The van der Waals surface area contributed by atoms with Gasteiger partial charge in [-0.2, -0.15) is 0 Å². The molecule has 1 aliphatic rings. The Morgan fingerprint density at radius 2 is 2.05 bits per heavy atom. The van der Waals surface area contributed by atoms with Crippen molar-refractivity contribution in [2.45, 2.75) is 12.5 Å². The van der Waals surface area contributed by atoms with Crippen molar-refractivity contribution >= 4 is 23.5 Å². The van der Waals surface area contributed by atoms with Crippen LogP contribution in [-0.2, 0) is 9.59 Å². The highest BCUT2D eigenvalue weighted by Gasteiger charge is 2.31. The Morgan fingerprint density at radius 3 is 2.62 bits per heavy atom. The van der Waals surface area contributed by atoms with E-state index in [1.165, 1.54) is 14.2 Å². The van der Waals surface area contributed by atoms with E-state index in [1.807, 2.05) is 0 Å². The molecule has 112 valence electrons. The van der Waals surface area contributed by atoms with Crippen molar-refractivity contribution in [1.29, 1.82) is 0 Å². The van der Waals surface area contributed by atoms with E-state index in [1.54, 1.807) is 18.2 Å². The van der Waals surface area contributed by atoms with Gasteiger partial charge in [0, 0.05) is 6.07 Å². The van der Waals surface area contributed by atoms with Crippen LogP contribution in [0.3, 0.4) is 0 Å². The number of hydrogen-bond acceptors (Lipinski definition) is 5. The fraction of sp³-hybridized carbons (Fsp3) is 0.308. The predicted molar refractivity (Wildman–Crippen MR) is 73.3 cm³/mol. The van der Waals surface area contributed by atoms with E-state index in [0.717, 1.165) is 0 Å². The largest absolute Gasteiger partial charge is 0.497 e. The van der Waals surface area contributed by atoms with Crippen LogP contribution in [0.4, 0.5) is 10.5 Å². The zero-order valence-corrected chi connectivity index (χ0v) is 11.6. The second-order valence-corrected chi connectivity index (χ2v) is 4.33. The highest BCUT2D eigenvalue weighted by molar-refractivity contribution is 6.07. The lowest BCUT2D eigenvalue weighted by Crippen LogP contribution is -2.33. The number of methoxy groups -OCH3 is 2. The average Bonchev–Trinajstić information content (AvgIpc) is 2.76. The number of carbonyl (C=O) groups is 3. The minimum Gasteiger partial charge on any atom is -0.497 e. The highest BCUT2D eigenvalue weighted by atomic mass is 16.5. The number of nitrogens with one attached hydrogen (secondary N) is 3. The molecule has 1 aromatic rings. The molecule has 4 amide bonds. The maximum atomic E-state index is 11.9. The third-order valence-corrected chi connectivity index (χ3v) is 2.93. The van der Waals surface area contributed by atoms with E-state index in [2.05, 4.69) is 16.0 Å². The smallest absolute Gasteiger partial charge is 0.322 e. The van der Waals surface area contributed by atoms with E-state index in [-0.39, 0.29) is 6.42 Å². The van der Waals surface area contributed by atoms with Gasteiger partial charge in [-0.15, -0.1) is 0 Å². The molecule has 1 fully saturated rings. The van der Waals surface area contributed by atoms with Crippen molar-refractivity contribution < 1.29 is 23.9 Å². The molecule has 0 aliphatic carbocycles. The normalized spacial score (nSPS) is 17.0. The Kier molecular flexibility index (Phi) is 4.27. The van der Waals surface area contributed by atoms with Crippen LogP contribution >= 0.6 is 0 Å². The first-order valence-electron chi connectivity index (χ1n) is 6.16. The third-order valence-electron chi connectivity index (χ3n) is 2.93. The molecule has 0 spiro atoms. The van der Waals surface area contributed by atoms with Crippen LogP contribution in [0.15, 0.2) is 18.2 Å². The molecule has 1 atom stereocenters. The molecule has 1 heterocycles. The number of rotatable bonds is 5. The first-order valence-corrected chi connectivity index (χ1v) is 6.16. The summed E-state index contributed by atoms with van der Waals surface area (Å²) in [5.74, 6) is 0.0683. The van der Waals surface area contributed by atoms with Gasteiger partial charge in [0.25, 0.3) is 5.91 Å². The molecule has 2 rings (SSSR count). The maximum absolute atomic E-state index is 11.9. The minimum absolute atomic E-state index is 0.169. The fourth-order valence-electron chi connectivity index (χ4n) is 1.90. The van der Waals surface area contributed by atoms with Gasteiger partial charge in [-0.25, -0.2) is 4.79 Å². The quantitative estimate of drug-likeness (QED) is 0.674. The number of carbonyl (C=O) groups excluding carboxylic acids is 3. The second kappa shape index (κ2) is 6.12. The summed E-state index contributed by atoms with van der Waals surface area (Å²) in [6, 6.07) is 3.48. The van der Waals surface area contributed by atoms with Gasteiger partial charge in [0.05, 0.1) is 26.3 Å². The van der Waals surface area contributed by atoms with Gasteiger partial charge < -0.3 is 20.1 Å². The van der Waals surface area contributed by atoms with Crippen molar-refractivity contribution in [3.05, 3.63) is 18.2 Å². The molecule has 1 aromatic carbocycles. The molecule has 1 aliphatic heterocycles. The number of benzene rings is 1. The summed E-state index contributed by atoms with van der Waals surface area (Å²) in [4.78, 5) is 34.3. The number of hydrogen-bond donors (Lipinski definition) is 3. The minimum atomic E-state index is -0.867. The standard InChI is InChI=1S/C13H15N3O5/c1-20-7-3-4-10(21-2)8(5-7)14-11(17)6-9-12(18)16-13(19)15-9/h3-5,9H,6H2,1-2H3,(H,14,17)(H2,15,16,18,19). The lowest BCUT2D eigenvalue weighted by molar-refractivity contribution is -0.124. The summed E-state index contributed by atoms with van der Waals surface area (Å²) in [5, 5.41) is 7.04. The van der Waals surface area contributed by atoms with Gasteiger partial charge in [-0.05, 0) is 12.1 Å². The number of anilines is 1. The van der Waals surface area contributed by atoms with Crippen LogP contribution in [0.1, 0.15) is 6.42 Å². The van der Waals surface area contributed by atoms with Gasteiger partial charge in [-0.3, -0.25) is 14.9 Å². The molecule has 0 radical (unpaired) electrons. The zero-order valence-electron chi connectivity index (χ0n) is 11.6. The molecular formula is C13H15N3O5. The van der Waals surface area contributed by atoms with Crippen LogP contribution in [0.5, 0.6) is 11.5 Å². The second-order valence-electron chi connectivity index (χ2n) is 4.33. The lowest BCUT2D eigenvalue weighted by atomic mass is 10.2. The molecule has 1 unspecified atom stereocenters. The predicted octanol–water partition coefficient (Wildman–Crippen LogP) is 0.240. The molecule has 21 heavy (non-hydrogen) atoms. The Bertz CT molecular complexity index is 587. The molecule has 0 saturated carbocycles. The van der Waals surface area contributed by atoms with Crippen LogP contribution in [0.25, 0.3) is 0 Å². The van der Waals surface area contributed by atoms with Crippen molar-refractivity contribution in [2.24, 2.45) is 0 Å². The van der Waals surface area contributed by atoms with Crippen molar-refractivity contribution in [3.63, 3.8) is 0 Å². The Labute approximate surface area is 120 Å². The van der Waals surface area contributed by atoms with Crippen molar-refractivity contribution in [3.8, 4) is 11.5 Å². The Morgan fingerprint density at radius 1 is 1.29 bits per heavy atom. The average molecular weight is 293 g/mol. The summed E-state index contributed by atoms with van der Waals surface area (Å²) < 4.78 is 10.2. The monoisotopic (exact) mass is 293 g/mol. The lowest BCUT2D eigenvalue weighted by Gasteiger charge is -2.12. The van der Waals surface area contributed by atoms with Gasteiger partial charge in [0.15, 0.2) is 0 Å². The highest BCUT2D eigenvalue weighted by Crippen LogP contribution is 2.29. The van der Waals surface area contributed by atoms with E-state index in [9.17, 15) is 14.4 Å². The topological polar surface area (TPSA) is 106 Å². The van der Waals surface area contributed by atoms with Crippen LogP contribution in [0, 0.1) is 0 Å². The van der Waals surface area contributed by atoms with Gasteiger partial charge in [0.1, 0.15) is 17.5 Å². The van der Waals surface area contributed by atoms with Gasteiger partial charge in [0.2, 0.25) is 5.91 Å². The molecule has 3 N–H and O–H groups in total. The fourth-order valence-corrected chi connectivity index (χ4v) is 1.90. The van der Waals surface area contributed by atoms with E-state index >= 15 is 0 Å². The first-order chi connectivity index (χ1) is 10.0. The summed E-state index contributed by atoms with van der Waals surface area (Å²) in [5.41, 5.74) is 0.423. The molecule has 8 nitrogen and oxygen atoms in total. The van der Waals surface area contributed by atoms with Crippen LogP contribution in [-0.4, -0.2) is 38.1 Å². The summed E-state index contributed by atoms with van der Waals surface area (Å²) >= 11 is 0. The van der Waals surface area contributed by atoms with E-state index in [0.29, 0.717) is 17.2 Å². The molecule has 8 heteroatoms. The summed E-state index contributed by atoms with van der Waals surface area (Å²) in [7, 11) is 2.98. The van der Waals surface area contributed by atoms with Gasteiger partial charge in [-0.1, -0.05) is 0 Å². The number of imide groups is 1. The maximum Gasteiger partial charge on any atom is 0.322 e. The molecule has 0 aromatic heterocycles. The van der Waals surface area contributed by atoms with E-state index < -0.39 is 23.9 Å². The van der Waals surface area contributed by atoms with Crippen molar-refractivity contribution in [1.82, 2.24) is 10.6 Å². The third kappa shape index (κ3) is 3.41. The molecule has 1 saturated heterocycles. The van der Waals surface area contributed by atoms with Gasteiger partial charge >= 0.3 is 6.03 Å². The van der Waals surface area contributed by atoms with Crippen LogP contribution in [0.2, 0.25) is 0 Å². The van der Waals surface area contributed by atoms with Crippen molar-refractivity contribution in [2.75, 3.05) is 19.5 Å². The summed E-state index contributed by atoms with van der Waals surface area (Å²) in [6.07, 6.45) is -0.169. The Balaban J connectivity index is 2.05. The summed E-state index contributed by atoms with van der Waals surface area (Å²) in [6.45, 7) is 0. The molecular weight excluding hydrogens is 278 g/mol. The number of urea groups is 1. The van der Waals surface area contributed by atoms with E-state index in [4.69, 9.17) is 9.47 Å². The zero-order chi connectivity index (χ0) is 15.4. The number of amides is 4. The number of ether oxygens (including phenoxy) is 2. The first kappa shape index (κ1) is 14.6. The Hall–Kier alpha value is -2.77. The van der Waals surface area contributed by atoms with Crippen LogP contribution < -0.4 is 25.4 Å². The molecule has 0 bridgehead atoms.